The van der Waals surface area contributed by atoms with E-state index < -0.39 is 10.2 Å². The number of nitrogens with one attached hydrogen (secondary N) is 1. The molecule has 0 radical (unpaired) electrons. The molecule has 0 aliphatic carbocycles. The van der Waals surface area contributed by atoms with Crippen LogP contribution in [-0.2, 0) is 15.0 Å². The minimum Gasteiger partial charge on any atom is -0.326 e. The Balaban J connectivity index is 1.95. The van der Waals surface area contributed by atoms with Crippen LogP contribution in [0.25, 0.3) is 0 Å². The third-order valence-electron chi connectivity index (χ3n) is 3.80. The van der Waals surface area contributed by atoms with Crippen LogP contribution < -0.4 is 5.32 Å². The molecule has 1 aromatic rings. The molecule has 0 atom stereocenters. The summed E-state index contributed by atoms with van der Waals surface area (Å²) in [6.45, 7) is 0.667. The lowest BCUT2D eigenvalue weighted by Crippen LogP contribution is -2.46. The lowest BCUT2D eigenvalue weighted by Gasteiger charge is -2.32. The lowest BCUT2D eigenvalue weighted by molar-refractivity contribution is -0.120. The van der Waals surface area contributed by atoms with E-state index in [2.05, 4.69) is 5.32 Å². The zero-order valence-electron chi connectivity index (χ0n) is 12.9. The van der Waals surface area contributed by atoms with E-state index in [1.165, 1.54) is 22.7 Å². The molecule has 0 unspecified atom stereocenters. The first-order chi connectivity index (χ1) is 10.7. The smallest absolute Gasteiger partial charge is 0.281 e. The highest BCUT2D eigenvalue weighted by atomic mass is 35.5. The molecule has 0 bridgehead atoms. The van der Waals surface area contributed by atoms with Gasteiger partial charge in [-0.3, -0.25) is 4.79 Å². The van der Waals surface area contributed by atoms with Gasteiger partial charge in [0.1, 0.15) is 0 Å². The van der Waals surface area contributed by atoms with Gasteiger partial charge in [0.15, 0.2) is 0 Å². The first-order valence-corrected chi connectivity index (χ1v) is 9.30. The predicted molar refractivity (Wildman–Crippen MR) is 92.0 cm³/mol. The standard InChI is InChI=1S/C14H19Cl2N3O3S/c1-18(2)23(21,22)19-7-5-10(6-8-19)14(20)17-11-3-4-12(15)13(16)9-11/h3-4,9-10H,5-8H2,1-2H3,(H,17,20). The van der Waals surface area contributed by atoms with Gasteiger partial charge in [-0.25, -0.2) is 0 Å². The Kier molecular flexibility index (Phi) is 5.91. The second kappa shape index (κ2) is 7.36. The molecule has 1 aliphatic rings. The maximum atomic E-state index is 12.3. The minimum absolute atomic E-state index is 0.134. The third-order valence-corrected chi connectivity index (χ3v) is 6.48. The summed E-state index contributed by atoms with van der Waals surface area (Å²) < 4.78 is 26.7. The summed E-state index contributed by atoms with van der Waals surface area (Å²) in [5.41, 5.74) is 0.577. The van der Waals surface area contributed by atoms with Crippen LogP contribution in [0.3, 0.4) is 0 Å². The Hall–Kier alpha value is -0.860. The van der Waals surface area contributed by atoms with Gasteiger partial charge < -0.3 is 5.32 Å². The van der Waals surface area contributed by atoms with Gasteiger partial charge in [-0.1, -0.05) is 23.2 Å². The van der Waals surface area contributed by atoms with Gasteiger partial charge in [0.2, 0.25) is 5.91 Å². The van der Waals surface area contributed by atoms with E-state index in [4.69, 9.17) is 23.2 Å². The summed E-state index contributed by atoms with van der Waals surface area (Å²) in [6, 6.07) is 4.89. The molecule has 0 spiro atoms. The second-order valence-electron chi connectivity index (χ2n) is 5.58. The van der Waals surface area contributed by atoms with E-state index in [9.17, 15) is 13.2 Å². The number of carbonyl (C=O) groups excluding carboxylic acids is 1. The zero-order chi connectivity index (χ0) is 17.2. The molecule has 128 valence electrons. The molecule has 1 amide bonds. The van der Waals surface area contributed by atoms with Crippen LogP contribution in [0.4, 0.5) is 5.69 Å². The number of anilines is 1. The fourth-order valence-corrected chi connectivity index (χ4v) is 3.83. The maximum absolute atomic E-state index is 12.3. The number of hydrogen-bond acceptors (Lipinski definition) is 3. The average molecular weight is 380 g/mol. The van der Waals surface area contributed by atoms with E-state index in [0.717, 1.165) is 0 Å². The van der Waals surface area contributed by atoms with Crippen LogP contribution in [0.5, 0.6) is 0 Å². The molecule has 1 fully saturated rings. The monoisotopic (exact) mass is 379 g/mol. The molecule has 23 heavy (non-hydrogen) atoms. The average Bonchev–Trinajstić information content (AvgIpc) is 2.51. The van der Waals surface area contributed by atoms with E-state index in [0.29, 0.717) is 41.7 Å². The molecule has 1 saturated heterocycles. The summed E-state index contributed by atoms with van der Waals surface area (Å²) >= 11 is 11.8. The summed E-state index contributed by atoms with van der Waals surface area (Å²) in [5.74, 6) is -0.358. The Morgan fingerprint density at radius 1 is 1.22 bits per heavy atom. The molecular formula is C14H19Cl2N3O3S. The first kappa shape index (κ1) is 18.5. The van der Waals surface area contributed by atoms with Crippen molar-refractivity contribution < 1.29 is 13.2 Å². The van der Waals surface area contributed by atoms with Gasteiger partial charge in [0.25, 0.3) is 10.2 Å². The van der Waals surface area contributed by atoms with Crippen LogP contribution in [-0.4, -0.2) is 50.1 Å². The van der Waals surface area contributed by atoms with E-state index in [1.54, 1.807) is 18.2 Å². The third kappa shape index (κ3) is 4.36. The Morgan fingerprint density at radius 2 is 1.83 bits per heavy atom. The van der Waals surface area contributed by atoms with Gasteiger partial charge in [0, 0.05) is 38.8 Å². The van der Waals surface area contributed by atoms with Gasteiger partial charge >= 0.3 is 0 Å². The Bertz CT molecular complexity index is 687. The van der Waals surface area contributed by atoms with Crippen molar-refractivity contribution in [1.82, 2.24) is 8.61 Å². The maximum Gasteiger partial charge on any atom is 0.281 e. The fourth-order valence-electron chi connectivity index (χ4n) is 2.40. The first-order valence-electron chi connectivity index (χ1n) is 7.15. The van der Waals surface area contributed by atoms with Gasteiger partial charge in [0.05, 0.1) is 10.0 Å². The van der Waals surface area contributed by atoms with Crippen LogP contribution in [0, 0.1) is 5.92 Å². The summed E-state index contributed by atoms with van der Waals surface area (Å²) in [6.07, 6.45) is 0.973. The molecule has 0 saturated carbocycles. The summed E-state index contributed by atoms with van der Waals surface area (Å²) in [5, 5.41) is 3.59. The quantitative estimate of drug-likeness (QED) is 0.873. The minimum atomic E-state index is -3.42. The number of carbonyl (C=O) groups is 1. The molecule has 1 heterocycles. The molecule has 6 nitrogen and oxygen atoms in total. The van der Waals surface area contributed by atoms with Crippen molar-refractivity contribution in [1.29, 1.82) is 0 Å². The topological polar surface area (TPSA) is 69.7 Å². The zero-order valence-corrected chi connectivity index (χ0v) is 15.2. The van der Waals surface area contributed by atoms with Gasteiger partial charge in [-0.15, -0.1) is 0 Å². The van der Waals surface area contributed by atoms with Crippen molar-refractivity contribution in [2.75, 3.05) is 32.5 Å². The Morgan fingerprint density at radius 3 is 2.35 bits per heavy atom. The summed E-state index contributed by atoms with van der Waals surface area (Å²) in [7, 11) is -0.419. The van der Waals surface area contributed by atoms with Gasteiger partial charge in [-0.2, -0.15) is 17.0 Å². The van der Waals surface area contributed by atoms with E-state index in [1.807, 2.05) is 0 Å². The predicted octanol–water partition coefficient (Wildman–Crippen LogP) is 2.45. The molecule has 1 aromatic carbocycles. The van der Waals surface area contributed by atoms with Gasteiger partial charge in [-0.05, 0) is 31.0 Å². The highest BCUT2D eigenvalue weighted by Gasteiger charge is 2.32. The second-order valence-corrected chi connectivity index (χ2v) is 8.54. The largest absolute Gasteiger partial charge is 0.326 e. The van der Waals surface area contributed by atoms with Crippen LogP contribution >= 0.6 is 23.2 Å². The van der Waals surface area contributed by atoms with Crippen LogP contribution in [0.1, 0.15) is 12.8 Å². The van der Waals surface area contributed by atoms with Crippen molar-refractivity contribution in [3.63, 3.8) is 0 Å². The number of amides is 1. The number of piperidine rings is 1. The fraction of sp³-hybridized carbons (Fsp3) is 0.500. The molecule has 1 aliphatic heterocycles. The SMILES string of the molecule is CN(C)S(=O)(=O)N1CCC(C(=O)Nc2ccc(Cl)c(Cl)c2)CC1. The number of rotatable bonds is 4. The van der Waals surface area contributed by atoms with Crippen molar-refractivity contribution in [2.45, 2.75) is 12.8 Å². The molecular weight excluding hydrogens is 361 g/mol. The van der Waals surface area contributed by atoms with Crippen molar-refractivity contribution >= 4 is 45.0 Å². The normalized spacial score (nSPS) is 17.4. The molecule has 1 N–H and O–H groups in total. The lowest BCUT2D eigenvalue weighted by atomic mass is 9.97. The van der Waals surface area contributed by atoms with Crippen LogP contribution in [0.2, 0.25) is 10.0 Å². The van der Waals surface area contributed by atoms with E-state index >= 15 is 0 Å². The highest BCUT2D eigenvalue weighted by molar-refractivity contribution is 7.86. The number of benzene rings is 1. The number of halogens is 2. The number of nitrogens with zero attached hydrogens (tertiary/aromatic N) is 2. The Labute approximate surface area is 146 Å². The van der Waals surface area contributed by atoms with E-state index in [-0.39, 0.29) is 11.8 Å². The van der Waals surface area contributed by atoms with Crippen molar-refractivity contribution in [3.8, 4) is 0 Å². The van der Waals surface area contributed by atoms with Crippen LogP contribution in [0.15, 0.2) is 18.2 Å². The highest BCUT2D eigenvalue weighted by Crippen LogP contribution is 2.26. The molecule has 9 heteroatoms. The number of hydrogen-bond donors (Lipinski definition) is 1. The van der Waals surface area contributed by atoms with Crippen molar-refractivity contribution in [3.05, 3.63) is 28.2 Å². The van der Waals surface area contributed by atoms with Crippen molar-refractivity contribution in [2.24, 2.45) is 5.92 Å². The summed E-state index contributed by atoms with van der Waals surface area (Å²) in [4.78, 5) is 12.3. The molecule has 0 aromatic heterocycles. The molecule has 2 rings (SSSR count).